The summed E-state index contributed by atoms with van der Waals surface area (Å²) in [4.78, 5) is 16.2. The van der Waals surface area contributed by atoms with Crippen molar-refractivity contribution < 1.29 is 9.53 Å². The minimum Gasteiger partial charge on any atom is -0.494 e. The summed E-state index contributed by atoms with van der Waals surface area (Å²) in [7, 11) is 0. The van der Waals surface area contributed by atoms with Gasteiger partial charge in [0.05, 0.1) is 12.9 Å². The predicted molar refractivity (Wildman–Crippen MR) is 116 cm³/mol. The van der Waals surface area contributed by atoms with Gasteiger partial charge in [-0.3, -0.25) is 4.79 Å². The Bertz CT molecular complexity index is 830. The molecular weight excluding hydrogens is 362 g/mol. The van der Waals surface area contributed by atoms with Crippen LogP contribution in [-0.4, -0.2) is 22.1 Å². The summed E-state index contributed by atoms with van der Waals surface area (Å²) < 4.78 is 7.94. The van der Waals surface area contributed by atoms with E-state index in [0.29, 0.717) is 5.56 Å². The molecule has 0 atom stereocenters. The van der Waals surface area contributed by atoms with Gasteiger partial charge in [0, 0.05) is 30.2 Å². The van der Waals surface area contributed by atoms with Crippen LogP contribution in [0.4, 0.5) is 5.69 Å². The van der Waals surface area contributed by atoms with Crippen molar-refractivity contribution in [1.29, 1.82) is 0 Å². The van der Waals surface area contributed by atoms with Crippen LogP contribution in [0.3, 0.4) is 0 Å². The number of hydrogen-bond donors (Lipinski definition) is 1. The second-order valence-corrected chi connectivity index (χ2v) is 7.11. The Morgan fingerprint density at radius 3 is 2.34 bits per heavy atom. The number of imidazole rings is 1. The number of anilines is 1. The van der Waals surface area contributed by atoms with E-state index < -0.39 is 0 Å². The fourth-order valence-electron chi connectivity index (χ4n) is 3.14. The molecule has 0 unspecified atom stereocenters. The maximum absolute atomic E-state index is 12.2. The van der Waals surface area contributed by atoms with Crippen molar-refractivity contribution in [3.05, 3.63) is 78.9 Å². The highest BCUT2D eigenvalue weighted by atomic mass is 16.5. The first-order valence-corrected chi connectivity index (χ1v) is 10.4. The third-order valence-electron chi connectivity index (χ3n) is 4.79. The van der Waals surface area contributed by atoms with Crippen LogP contribution in [0.2, 0.25) is 0 Å². The molecule has 152 valence electrons. The standard InChI is InChI=1S/C24H29N3O2/c28-24(21-10-6-5-7-11-21)26-22-12-14-23(15-13-22)29-19-9-4-2-1-3-8-17-27-18-16-25-20-27/h5-7,10-16,18,20H,1-4,8-9,17,19H2,(H,26,28). The van der Waals surface area contributed by atoms with Gasteiger partial charge in [-0.05, 0) is 49.2 Å². The van der Waals surface area contributed by atoms with Crippen molar-refractivity contribution >= 4 is 11.6 Å². The summed E-state index contributed by atoms with van der Waals surface area (Å²) in [5.41, 5.74) is 1.41. The molecule has 0 aliphatic rings. The van der Waals surface area contributed by atoms with Crippen molar-refractivity contribution in [3.8, 4) is 5.75 Å². The first-order chi connectivity index (χ1) is 14.3. The smallest absolute Gasteiger partial charge is 0.255 e. The first-order valence-electron chi connectivity index (χ1n) is 10.4. The number of carbonyl (C=O) groups is 1. The molecule has 3 rings (SSSR count). The van der Waals surface area contributed by atoms with Crippen LogP contribution in [0.15, 0.2) is 73.3 Å². The largest absolute Gasteiger partial charge is 0.494 e. The molecule has 1 heterocycles. The van der Waals surface area contributed by atoms with E-state index in [2.05, 4.69) is 14.9 Å². The molecule has 0 saturated carbocycles. The molecule has 0 aliphatic heterocycles. The summed E-state index contributed by atoms with van der Waals surface area (Å²) in [6, 6.07) is 16.7. The number of carbonyl (C=O) groups excluding carboxylic acids is 1. The van der Waals surface area contributed by atoms with Crippen molar-refractivity contribution in [2.45, 2.75) is 45.1 Å². The maximum atomic E-state index is 12.2. The van der Waals surface area contributed by atoms with Crippen LogP contribution in [-0.2, 0) is 6.54 Å². The monoisotopic (exact) mass is 391 g/mol. The number of rotatable bonds is 12. The average molecular weight is 392 g/mol. The van der Waals surface area contributed by atoms with E-state index in [-0.39, 0.29) is 5.91 Å². The number of ether oxygens (including phenoxy) is 1. The van der Waals surface area contributed by atoms with Crippen molar-refractivity contribution in [2.75, 3.05) is 11.9 Å². The van der Waals surface area contributed by atoms with Crippen LogP contribution in [0, 0.1) is 0 Å². The van der Waals surface area contributed by atoms with Gasteiger partial charge in [-0.2, -0.15) is 0 Å². The lowest BCUT2D eigenvalue weighted by Crippen LogP contribution is -2.11. The molecule has 0 saturated heterocycles. The van der Waals surface area contributed by atoms with E-state index in [1.807, 2.05) is 61.2 Å². The fraction of sp³-hybridized carbons (Fsp3) is 0.333. The fourth-order valence-corrected chi connectivity index (χ4v) is 3.14. The molecule has 1 N–H and O–H groups in total. The lowest BCUT2D eigenvalue weighted by molar-refractivity contribution is 0.102. The first kappa shape index (κ1) is 20.6. The van der Waals surface area contributed by atoms with Gasteiger partial charge in [-0.25, -0.2) is 4.98 Å². The van der Waals surface area contributed by atoms with Crippen LogP contribution in [0.1, 0.15) is 48.9 Å². The molecule has 3 aromatic rings. The zero-order chi connectivity index (χ0) is 20.2. The van der Waals surface area contributed by atoms with Crippen LogP contribution >= 0.6 is 0 Å². The highest BCUT2D eigenvalue weighted by molar-refractivity contribution is 6.04. The molecule has 0 bridgehead atoms. The number of hydrogen-bond acceptors (Lipinski definition) is 3. The molecule has 0 radical (unpaired) electrons. The SMILES string of the molecule is O=C(Nc1ccc(OCCCCCCCCn2ccnc2)cc1)c1ccccc1. The molecule has 1 amide bonds. The summed E-state index contributed by atoms with van der Waals surface area (Å²) >= 11 is 0. The summed E-state index contributed by atoms with van der Waals surface area (Å²) in [5, 5.41) is 2.90. The summed E-state index contributed by atoms with van der Waals surface area (Å²) in [6.07, 6.45) is 13.0. The maximum Gasteiger partial charge on any atom is 0.255 e. The third kappa shape index (κ3) is 7.45. The molecule has 0 spiro atoms. The summed E-state index contributed by atoms with van der Waals surface area (Å²) in [5.74, 6) is 0.729. The minimum atomic E-state index is -0.107. The van der Waals surface area contributed by atoms with E-state index >= 15 is 0 Å². The molecule has 29 heavy (non-hydrogen) atoms. The number of aryl methyl sites for hydroxylation is 1. The molecule has 5 nitrogen and oxygen atoms in total. The number of nitrogens with one attached hydrogen (secondary N) is 1. The summed E-state index contributed by atoms with van der Waals surface area (Å²) in [6.45, 7) is 1.79. The van der Waals surface area contributed by atoms with E-state index in [0.717, 1.165) is 31.0 Å². The quantitative estimate of drug-likeness (QED) is 0.412. The van der Waals surface area contributed by atoms with Gasteiger partial charge in [-0.1, -0.05) is 43.9 Å². The van der Waals surface area contributed by atoms with Crippen LogP contribution < -0.4 is 10.1 Å². The van der Waals surface area contributed by atoms with Gasteiger partial charge < -0.3 is 14.6 Å². The van der Waals surface area contributed by atoms with Gasteiger partial charge >= 0.3 is 0 Å². The molecule has 1 aromatic heterocycles. The Kier molecular flexibility index (Phi) is 8.33. The van der Waals surface area contributed by atoms with Gasteiger partial charge in [0.15, 0.2) is 0 Å². The van der Waals surface area contributed by atoms with Gasteiger partial charge in [0.2, 0.25) is 0 Å². The molecular formula is C24H29N3O2. The molecule has 2 aromatic carbocycles. The average Bonchev–Trinajstić information content (AvgIpc) is 3.28. The van der Waals surface area contributed by atoms with Crippen molar-refractivity contribution in [3.63, 3.8) is 0 Å². The normalized spacial score (nSPS) is 10.6. The number of nitrogens with zero attached hydrogens (tertiary/aromatic N) is 2. The lowest BCUT2D eigenvalue weighted by atomic mass is 10.1. The van der Waals surface area contributed by atoms with Gasteiger partial charge in [0.25, 0.3) is 5.91 Å². The zero-order valence-electron chi connectivity index (χ0n) is 16.8. The predicted octanol–water partition coefficient (Wildman–Crippen LogP) is 5.56. The van der Waals surface area contributed by atoms with E-state index in [1.54, 1.807) is 12.1 Å². The Hall–Kier alpha value is -3.08. The van der Waals surface area contributed by atoms with Crippen molar-refractivity contribution in [2.24, 2.45) is 0 Å². The van der Waals surface area contributed by atoms with Gasteiger partial charge in [0.1, 0.15) is 5.75 Å². The number of aromatic nitrogens is 2. The highest BCUT2D eigenvalue weighted by Gasteiger charge is 2.05. The Labute approximate surface area is 172 Å². The molecule has 5 heteroatoms. The van der Waals surface area contributed by atoms with Gasteiger partial charge in [-0.15, -0.1) is 0 Å². The van der Waals surface area contributed by atoms with Crippen LogP contribution in [0.25, 0.3) is 0 Å². The zero-order valence-corrected chi connectivity index (χ0v) is 16.8. The molecule has 0 fully saturated rings. The lowest BCUT2D eigenvalue weighted by Gasteiger charge is -2.08. The molecule has 0 aliphatic carbocycles. The second-order valence-electron chi connectivity index (χ2n) is 7.11. The highest BCUT2D eigenvalue weighted by Crippen LogP contribution is 2.17. The Morgan fingerprint density at radius 1 is 0.897 bits per heavy atom. The number of unbranched alkanes of at least 4 members (excludes halogenated alkanes) is 5. The Morgan fingerprint density at radius 2 is 1.62 bits per heavy atom. The number of amides is 1. The Balaban J connectivity index is 1.24. The minimum absolute atomic E-state index is 0.107. The van der Waals surface area contributed by atoms with Crippen LogP contribution in [0.5, 0.6) is 5.75 Å². The third-order valence-corrected chi connectivity index (χ3v) is 4.79. The topological polar surface area (TPSA) is 56.1 Å². The van der Waals surface area contributed by atoms with E-state index in [4.69, 9.17) is 4.74 Å². The second kappa shape index (κ2) is 11.7. The van der Waals surface area contributed by atoms with E-state index in [9.17, 15) is 4.79 Å². The number of benzene rings is 2. The van der Waals surface area contributed by atoms with E-state index in [1.165, 1.54) is 32.1 Å². The van der Waals surface area contributed by atoms with Crippen molar-refractivity contribution in [1.82, 2.24) is 9.55 Å².